The molecule has 14 heavy (non-hydrogen) atoms. The van der Waals surface area contributed by atoms with Gasteiger partial charge in [-0.1, -0.05) is 18.2 Å². The summed E-state index contributed by atoms with van der Waals surface area (Å²) in [5.74, 6) is 1.99. The molecule has 2 heteroatoms. The van der Waals surface area contributed by atoms with Gasteiger partial charge in [0, 0.05) is 0 Å². The van der Waals surface area contributed by atoms with Gasteiger partial charge in [-0.15, -0.1) is 0 Å². The lowest BCUT2D eigenvalue weighted by atomic mass is 10.2. The zero-order valence-corrected chi connectivity index (χ0v) is 9.59. The summed E-state index contributed by atoms with van der Waals surface area (Å²) in [6, 6.07) is 8.14. The topological polar surface area (TPSA) is 9.23 Å². The Balaban J connectivity index is 2.21. The molecule has 1 rings (SSSR count). The molecule has 0 aliphatic rings. The number of hydrogen-bond donors (Lipinski definition) is 1. The molecule has 0 radical (unpaired) electrons. The second-order valence-electron chi connectivity index (χ2n) is 3.40. The predicted molar refractivity (Wildman–Crippen MR) is 64.4 cm³/mol. The van der Waals surface area contributed by atoms with Gasteiger partial charge in [0.2, 0.25) is 0 Å². The van der Waals surface area contributed by atoms with Crippen molar-refractivity contribution < 1.29 is 4.74 Å². The fraction of sp³-hybridized carbons (Fsp3) is 0.500. The summed E-state index contributed by atoms with van der Waals surface area (Å²) in [7, 11) is 0. The normalized spacial score (nSPS) is 10.1. The summed E-state index contributed by atoms with van der Waals surface area (Å²) in [5, 5.41) is 0. The first kappa shape index (κ1) is 11.4. The van der Waals surface area contributed by atoms with E-state index in [1.54, 1.807) is 0 Å². The lowest BCUT2D eigenvalue weighted by molar-refractivity contribution is 0.304. The highest BCUT2D eigenvalue weighted by Gasteiger charge is 1.96. The van der Waals surface area contributed by atoms with Crippen molar-refractivity contribution in [1.29, 1.82) is 0 Å². The average Bonchev–Trinajstić information content (AvgIpc) is 2.20. The van der Waals surface area contributed by atoms with Gasteiger partial charge < -0.3 is 4.74 Å². The molecule has 0 fully saturated rings. The first-order valence-corrected chi connectivity index (χ1v) is 5.77. The fourth-order valence-electron chi connectivity index (χ4n) is 1.29. The zero-order valence-electron chi connectivity index (χ0n) is 8.70. The van der Waals surface area contributed by atoms with E-state index >= 15 is 0 Å². The van der Waals surface area contributed by atoms with Gasteiger partial charge in [-0.05, 0) is 43.6 Å². The van der Waals surface area contributed by atoms with Crippen molar-refractivity contribution >= 4 is 12.6 Å². The summed E-state index contributed by atoms with van der Waals surface area (Å²) in [6.45, 7) is 2.89. The number of benzene rings is 1. The van der Waals surface area contributed by atoms with Gasteiger partial charge >= 0.3 is 0 Å². The van der Waals surface area contributed by atoms with E-state index < -0.39 is 0 Å². The second kappa shape index (κ2) is 6.77. The molecule has 0 spiro atoms. The molecule has 0 N–H and O–H groups in total. The molecule has 0 atom stereocenters. The highest BCUT2D eigenvalue weighted by Crippen LogP contribution is 2.16. The lowest BCUT2D eigenvalue weighted by Gasteiger charge is -2.07. The van der Waals surface area contributed by atoms with Crippen LogP contribution in [-0.2, 0) is 0 Å². The van der Waals surface area contributed by atoms with Crippen LogP contribution in [0.2, 0.25) is 0 Å². The molecule has 0 aliphatic heterocycles. The van der Waals surface area contributed by atoms with E-state index in [4.69, 9.17) is 4.74 Å². The Morgan fingerprint density at radius 2 is 1.93 bits per heavy atom. The summed E-state index contributed by atoms with van der Waals surface area (Å²) < 4.78 is 5.66. The lowest BCUT2D eigenvalue weighted by Crippen LogP contribution is -1.98. The monoisotopic (exact) mass is 210 g/mol. The Morgan fingerprint density at radius 1 is 1.14 bits per heavy atom. The van der Waals surface area contributed by atoms with Crippen molar-refractivity contribution in [2.45, 2.75) is 26.2 Å². The molecule has 0 saturated carbocycles. The third kappa shape index (κ3) is 4.05. The fourth-order valence-corrected chi connectivity index (χ4v) is 1.51. The van der Waals surface area contributed by atoms with Crippen LogP contribution >= 0.6 is 12.6 Å². The number of hydrogen-bond acceptors (Lipinski definition) is 2. The van der Waals surface area contributed by atoms with Gasteiger partial charge in [0.25, 0.3) is 0 Å². The van der Waals surface area contributed by atoms with E-state index in [-0.39, 0.29) is 0 Å². The highest BCUT2D eigenvalue weighted by molar-refractivity contribution is 7.80. The molecule has 0 saturated heterocycles. The first-order valence-electron chi connectivity index (χ1n) is 5.14. The van der Waals surface area contributed by atoms with Crippen molar-refractivity contribution in [2.24, 2.45) is 0 Å². The maximum atomic E-state index is 5.66. The maximum absolute atomic E-state index is 5.66. The number of thiol groups is 1. The number of aryl methyl sites for hydroxylation is 1. The quantitative estimate of drug-likeness (QED) is 0.558. The Bertz CT molecular complexity index is 260. The van der Waals surface area contributed by atoms with Crippen molar-refractivity contribution in [3.8, 4) is 5.75 Å². The highest BCUT2D eigenvalue weighted by atomic mass is 32.1. The van der Waals surface area contributed by atoms with Crippen LogP contribution in [0, 0.1) is 6.92 Å². The van der Waals surface area contributed by atoms with Crippen LogP contribution < -0.4 is 4.74 Å². The van der Waals surface area contributed by atoms with Gasteiger partial charge in [-0.2, -0.15) is 12.6 Å². The molecule has 1 nitrogen and oxygen atoms in total. The van der Waals surface area contributed by atoms with Crippen LogP contribution in [0.1, 0.15) is 24.8 Å². The maximum Gasteiger partial charge on any atom is 0.122 e. The van der Waals surface area contributed by atoms with Gasteiger partial charge in [0.1, 0.15) is 5.75 Å². The number of ether oxygens (including phenoxy) is 1. The van der Waals surface area contributed by atoms with Crippen molar-refractivity contribution in [3.63, 3.8) is 0 Å². The van der Waals surface area contributed by atoms with E-state index in [0.717, 1.165) is 24.5 Å². The molecule has 1 aromatic rings. The van der Waals surface area contributed by atoms with E-state index in [1.807, 2.05) is 18.2 Å². The smallest absolute Gasteiger partial charge is 0.122 e. The largest absolute Gasteiger partial charge is 0.493 e. The molecule has 1 aromatic carbocycles. The average molecular weight is 210 g/mol. The summed E-state index contributed by atoms with van der Waals surface area (Å²) in [4.78, 5) is 0. The molecular weight excluding hydrogens is 192 g/mol. The summed E-state index contributed by atoms with van der Waals surface area (Å²) in [6.07, 6.45) is 3.50. The minimum atomic E-state index is 0.818. The molecular formula is C12H18OS. The van der Waals surface area contributed by atoms with E-state index in [2.05, 4.69) is 25.6 Å². The number of para-hydroxylation sites is 1. The molecule has 0 aliphatic carbocycles. The van der Waals surface area contributed by atoms with Crippen molar-refractivity contribution in [1.82, 2.24) is 0 Å². The Hall–Kier alpha value is -0.630. The minimum absolute atomic E-state index is 0.818. The van der Waals surface area contributed by atoms with Crippen LogP contribution in [-0.4, -0.2) is 12.4 Å². The molecule has 78 valence electrons. The molecule has 0 amide bonds. The van der Waals surface area contributed by atoms with Gasteiger partial charge in [0.15, 0.2) is 0 Å². The van der Waals surface area contributed by atoms with Crippen molar-refractivity contribution in [2.75, 3.05) is 12.4 Å². The molecule has 0 heterocycles. The molecule has 0 aromatic heterocycles. The number of rotatable bonds is 6. The van der Waals surface area contributed by atoms with Crippen LogP contribution in [0.5, 0.6) is 5.75 Å². The Morgan fingerprint density at radius 3 is 2.64 bits per heavy atom. The van der Waals surface area contributed by atoms with E-state index in [0.29, 0.717) is 0 Å². The predicted octanol–water partition coefficient (Wildman–Crippen LogP) is 3.47. The second-order valence-corrected chi connectivity index (χ2v) is 3.85. The first-order chi connectivity index (χ1) is 6.84. The van der Waals surface area contributed by atoms with Crippen LogP contribution in [0.3, 0.4) is 0 Å². The molecule has 0 unspecified atom stereocenters. The summed E-state index contributed by atoms with van der Waals surface area (Å²) in [5.41, 5.74) is 1.21. The minimum Gasteiger partial charge on any atom is -0.493 e. The number of unbranched alkanes of at least 4 members (excludes halogenated alkanes) is 2. The summed E-state index contributed by atoms with van der Waals surface area (Å²) >= 11 is 4.17. The van der Waals surface area contributed by atoms with Gasteiger partial charge in [-0.25, -0.2) is 0 Å². The SMILES string of the molecule is Cc1ccccc1OCCCCCS. The van der Waals surface area contributed by atoms with Crippen molar-refractivity contribution in [3.05, 3.63) is 29.8 Å². The van der Waals surface area contributed by atoms with E-state index in [9.17, 15) is 0 Å². The zero-order chi connectivity index (χ0) is 10.2. The van der Waals surface area contributed by atoms with Crippen LogP contribution in [0.4, 0.5) is 0 Å². The molecule has 0 bridgehead atoms. The van der Waals surface area contributed by atoms with Crippen LogP contribution in [0.15, 0.2) is 24.3 Å². The van der Waals surface area contributed by atoms with Gasteiger partial charge in [-0.3, -0.25) is 0 Å². The van der Waals surface area contributed by atoms with Crippen LogP contribution in [0.25, 0.3) is 0 Å². The Labute approximate surface area is 91.9 Å². The van der Waals surface area contributed by atoms with E-state index in [1.165, 1.54) is 18.4 Å². The third-order valence-corrected chi connectivity index (χ3v) is 2.47. The standard InChI is InChI=1S/C12H18OS/c1-11-7-3-4-8-12(11)13-9-5-2-6-10-14/h3-4,7-8,14H,2,5-6,9-10H2,1H3. The Kier molecular flexibility index (Phi) is 5.53. The third-order valence-electron chi connectivity index (χ3n) is 2.15. The van der Waals surface area contributed by atoms with Gasteiger partial charge in [0.05, 0.1) is 6.61 Å².